The molecule has 0 bridgehead atoms. The highest BCUT2D eigenvalue weighted by atomic mass is 35.5. The number of benzene rings is 1. The molecule has 2 rings (SSSR count). The Labute approximate surface area is 98.5 Å². The third kappa shape index (κ3) is 3.07. The fourth-order valence-electron chi connectivity index (χ4n) is 1.52. The Morgan fingerprint density at radius 3 is 3.06 bits per heavy atom. The molecule has 1 unspecified atom stereocenters. The topological polar surface area (TPSA) is 30.5 Å². The average Bonchev–Trinajstić information content (AvgIpc) is 2.29. The lowest BCUT2D eigenvalue weighted by atomic mass is 10.2. The first kappa shape index (κ1) is 11.6. The number of rotatable bonds is 3. The molecule has 1 atom stereocenters. The second kappa shape index (κ2) is 5.48. The molecule has 3 nitrogen and oxygen atoms in total. The molecule has 16 heavy (non-hydrogen) atoms. The van der Waals surface area contributed by atoms with Crippen molar-refractivity contribution < 1.29 is 13.9 Å². The van der Waals surface area contributed by atoms with Gasteiger partial charge in [-0.15, -0.1) is 0 Å². The highest BCUT2D eigenvalue weighted by Gasteiger charge is 2.14. The lowest BCUT2D eigenvalue weighted by molar-refractivity contribution is -0.133. The summed E-state index contributed by atoms with van der Waals surface area (Å²) >= 11 is 5.66. The molecular weight excluding hydrogens is 233 g/mol. The van der Waals surface area contributed by atoms with Gasteiger partial charge in [0, 0.05) is 11.6 Å². The van der Waals surface area contributed by atoms with Gasteiger partial charge in [-0.05, 0) is 24.6 Å². The van der Waals surface area contributed by atoms with Gasteiger partial charge in [-0.1, -0.05) is 11.6 Å². The number of ether oxygens (including phenoxy) is 2. The summed E-state index contributed by atoms with van der Waals surface area (Å²) in [6.45, 7) is 1.58. The van der Waals surface area contributed by atoms with Crippen molar-refractivity contribution in [2.24, 2.45) is 0 Å². The van der Waals surface area contributed by atoms with E-state index in [4.69, 9.17) is 21.1 Å². The summed E-state index contributed by atoms with van der Waals surface area (Å²) < 4.78 is 23.8. The molecular formula is C11H13ClFNO2. The van der Waals surface area contributed by atoms with Crippen molar-refractivity contribution in [3.05, 3.63) is 29.0 Å². The Bertz CT molecular complexity index is 356. The molecule has 0 aromatic heterocycles. The third-order valence-corrected chi connectivity index (χ3v) is 2.66. The molecule has 1 N–H and O–H groups in total. The van der Waals surface area contributed by atoms with E-state index in [1.807, 2.05) is 0 Å². The molecule has 5 heteroatoms. The van der Waals surface area contributed by atoms with E-state index < -0.39 is 0 Å². The van der Waals surface area contributed by atoms with E-state index in [0.29, 0.717) is 30.7 Å². The normalized spacial score (nSPS) is 20.8. The van der Waals surface area contributed by atoms with Crippen LogP contribution in [-0.4, -0.2) is 26.0 Å². The third-order valence-electron chi connectivity index (χ3n) is 2.42. The molecule has 0 saturated carbocycles. The van der Waals surface area contributed by atoms with Gasteiger partial charge in [0.2, 0.25) is 0 Å². The summed E-state index contributed by atoms with van der Waals surface area (Å²) in [4.78, 5) is 0. The number of halogens is 2. The van der Waals surface area contributed by atoms with Gasteiger partial charge in [-0.2, -0.15) is 0 Å². The Morgan fingerprint density at radius 1 is 1.50 bits per heavy atom. The quantitative estimate of drug-likeness (QED) is 0.888. The van der Waals surface area contributed by atoms with Gasteiger partial charge in [0.15, 0.2) is 0 Å². The second-order valence-electron chi connectivity index (χ2n) is 3.61. The lowest BCUT2D eigenvalue weighted by Gasteiger charge is -2.23. The van der Waals surface area contributed by atoms with Crippen molar-refractivity contribution in [2.45, 2.75) is 12.5 Å². The second-order valence-corrected chi connectivity index (χ2v) is 4.04. The predicted molar refractivity (Wildman–Crippen MR) is 60.2 cm³/mol. The molecule has 1 aliphatic rings. The summed E-state index contributed by atoms with van der Waals surface area (Å²) in [6, 6.07) is 4.56. The van der Waals surface area contributed by atoms with Gasteiger partial charge < -0.3 is 14.8 Å². The summed E-state index contributed by atoms with van der Waals surface area (Å²) in [7, 11) is 0. The Kier molecular flexibility index (Phi) is 3.98. The fourth-order valence-corrected chi connectivity index (χ4v) is 1.68. The van der Waals surface area contributed by atoms with E-state index in [1.54, 1.807) is 12.1 Å². The monoisotopic (exact) mass is 245 g/mol. The summed E-state index contributed by atoms with van der Waals surface area (Å²) in [5.74, 6) is -0.348. The smallest absolute Gasteiger partial charge is 0.147 e. The van der Waals surface area contributed by atoms with Crippen molar-refractivity contribution in [3.8, 4) is 0 Å². The largest absolute Gasteiger partial charge is 0.380 e. The van der Waals surface area contributed by atoms with E-state index >= 15 is 0 Å². The zero-order valence-corrected chi connectivity index (χ0v) is 9.47. The van der Waals surface area contributed by atoms with Crippen molar-refractivity contribution in [2.75, 3.05) is 25.3 Å². The Hall–Kier alpha value is -0.840. The SMILES string of the molecule is Fc1cc(Cl)ccc1NCC1CCOCO1. The van der Waals surface area contributed by atoms with Crippen molar-refractivity contribution in [3.63, 3.8) is 0 Å². The van der Waals surface area contributed by atoms with Gasteiger partial charge in [0.1, 0.15) is 12.6 Å². The van der Waals surface area contributed by atoms with Crippen LogP contribution in [0.25, 0.3) is 0 Å². The number of nitrogens with one attached hydrogen (secondary N) is 1. The summed E-state index contributed by atoms with van der Waals surface area (Å²) in [6.07, 6.45) is 0.895. The molecule has 0 spiro atoms. The first-order valence-corrected chi connectivity index (χ1v) is 5.52. The standard InChI is InChI=1S/C11H13ClFNO2/c12-8-1-2-11(10(13)5-8)14-6-9-3-4-15-7-16-9/h1-2,5,9,14H,3-4,6-7H2. The highest BCUT2D eigenvalue weighted by Crippen LogP contribution is 2.19. The molecule has 0 radical (unpaired) electrons. The van der Waals surface area contributed by atoms with Crippen LogP contribution in [0.4, 0.5) is 10.1 Å². The molecule has 88 valence electrons. The van der Waals surface area contributed by atoms with Crippen molar-refractivity contribution >= 4 is 17.3 Å². The minimum atomic E-state index is -0.348. The molecule has 1 fully saturated rings. The maximum absolute atomic E-state index is 13.4. The molecule has 0 aliphatic carbocycles. The van der Waals surface area contributed by atoms with Crippen LogP contribution < -0.4 is 5.32 Å². The summed E-state index contributed by atoms with van der Waals surface area (Å²) in [5.41, 5.74) is 0.444. The van der Waals surface area contributed by atoms with Crippen LogP contribution in [0.1, 0.15) is 6.42 Å². The van der Waals surface area contributed by atoms with Crippen LogP contribution >= 0.6 is 11.6 Å². The van der Waals surface area contributed by atoms with Crippen LogP contribution in [-0.2, 0) is 9.47 Å². The maximum Gasteiger partial charge on any atom is 0.147 e. The maximum atomic E-state index is 13.4. The molecule has 1 aromatic carbocycles. The van der Waals surface area contributed by atoms with Gasteiger partial charge in [0.05, 0.1) is 18.4 Å². The van der Waals surface area contributed by atoms with Crippen molar-refractivity contribution in [1.82, 2.24) is 0 Å². The zero-order valence-electron chi connectivity index (χ0n) is 8.71. The predicted octanol–water partition coefficient (Wildman–Crippen LogP) is 2.65. The molecule has 1 aliphatic heterocycles. The van der Waals surface area contributed by atoms with Gasteiger partial charge in [-0.3, -0.25) is 0 Å². The first-order valence-electron chi connectivity index (χ1n) is 5.14. The van der Waals surface area contributed by atoms with E-state index in [1.165, 1.54) is 6.07 Å². The minimum absolute atomic E-state index is 0.0730. The number of hydrogen-bond donors (Lipinski definition) is 1. The molecule has 1 heterocycles. The van der Waals surface area contributed by atoms with E-state index in [2.05, 4.69) is 5.32 Å². The zero-order chi connectivity index (χ0) is 11.4. The van der Waals surface area contributed by atoms with E-state index in [-0.39, 0.29) is 11.9 Å². The van der Waals surface area contributed by atoms with Crippen LogP contribution in [0.15, 0.2) is 18.2 Å². The van der Waals surface area contributed by atoms with Crippen molar-refractivity contribution in [1.29, 1.82) is 0 Å². The van der Waals surface area contributed by atoms with E-state index in [0.717, 1.165) is 6.42 Å². The number of hydrogen-bond acceptors (Lipinski definition) is 3. The lowest BCUT2D eigenvalue weighted by Crippen LogP contribution is -2.30. The summed E-state index contributed by atoms with van der Waals surface area (Å²) in [5, 5.41) is 3.39. The average molecular weight is 246 g/mol. The molecule has 0 amide bonds. The van der Waals surface area contributed by atoms with Gasteiger partial charge in [0.25, 0.3) is 0 Å². The fraction of sp³-hybridized carbons (Fsp3) is 0.455. The molecule has 1 aromatic rings. The highest BCUT2D eigenvalue weighted by molar-refractivity contribution is 6.30. The van der Waals surface area contributed by atoms with Crippen LogP contribution in [0.3, 0.4) is 0 Å². The Balaban J connectivity index is 1.88. The van der Waals surface area contributed by atoms with Crippen LogP contribution in [0.5, 0.6) is 0 Å². The van der Waals surface area contributed by atoms with E-state index in [9.17, 15) is 4.39 Å². The van der Waals surface area contributed by atoms with Gasteiger partial charge >= 0.3 is 0 Å². The van der Waals surface area contributed by atoms with Gasteiger partial charge in [-0.25, -0.2) is 4.39 Å². The first-order chi connectivity index (χ1) is 7.75. The minimum Gasteiger partial charge on any atom is -0.380 e. The number of anilines is 1. The van der Waals surface area contributed by atoms with Crippen LogP contribution in [0, 0.1) is 5.82 Å². The Morgan fingerprint density at radius 2 is 2.38 bits per heavy atom. The molecule has 1 saturated heterocycles. The van der Waals surface area contributed by atoms with Crippen LogP contribution in [0.2, 0.25) is 5.02 Å².